The van der Waals surface area contributed by atoms with E-state index in [9.17, 15) is 4.79 Å². The van der Waals surface area contributed by atoms with Crippen LogP contribution in [0.1, 0.15) is 28.6 Å². The van der Waals surface area contributed by atoms with Gasteiger partial charge in [0.25, 0.3) is 5.91 Å². The summed E-state index contributed by atoms with van der Waals surface area (Å²) in [4.78, 5) is 17.5. The van der Waals surface area contributed by atoms with Crippen LogP contribution in [0.15, 0.2) is 42.5 Å². The minimum atomic E-state index is -0.126. The quantitative estimate of drug-likeness (QED) is 0.672. The number of fused-ring (bicyclic) bond motifs is 1. The van der Waals surface area contributed by atoms with Crippen LogP contribution in [0.2, 0.25) is 5.15 Å². The van der Waals surface area contributed by atoms with Crippen LogP contribution in [-0.4, -0.2) is 10.9 Å². The van der Waals surface area contributed by atoms with E-state index in [4.69, 9.17) is 11.6 Å². The molecule has 112 valence electrons. The van der Waals surface area contributed by atoms with Crippen LogP contribution in [0.5, 0.6) is 0 Å². The molecule has 5 heteroatoms. The molecule has 2 aromatic heterocycles. The maximum Gasteiger partial charge on any atom is 0.267 e. The number of rotatable bonds is 4. The van der Waals surface area contributed by atoms with Gasteiger partial charge in [-0.3, -0.25) is 4.79 Å². The van der Waals surface area contributed by atoms with E-state index in [-0.39, 0.29) is 5.91 Å². The molecule has 2 heterocycles. The number of anilines is 1. The molecule has 0 fully saturated rings. The molecule has 0 unspecified atom stereocenters. The molecule has 22 heavy (non-hydrogen) atoms. The molecule has 0 bridgehead atoms. The van der Waals surface area contributed by atoms with Crippen molar-refractivity contribution in [2.45, 2.75) is 19.8 Å². The molecule has 3 rings (SSSR count). The lowest BCUT2D eigenvalue weighted by Crippen LogP contribution is -2.13. The zero-order chi connectivity index (χ0) is 15.5. The number of aryl methyl sites for hydroxylation is 1. The highest BCUT2D eigenvalue weighted by molar-refractivity contribution is 7.21. The van der Waals surface area contributed by atoms with E-state index < -0.39 is 0 Å². The first-order chi connectivity index (χ1) is 10.7. The van der Waals surface area contributed by atoms with E-state index in [1.165, 1.54) is 16.7 Å². The van der Waals surface area contributed by atoms with E-state index in [0.29, 0.717) is 11.0 Å². The Morgan fingerprint density at radius 3 is 2.82 bits per heavy atom. The third kappa shape index (κ3) is 2.98. The molecular formula is C17H15ClN2OS. The average molecular weight is 331 g/mol. The summed E-state index contributed by atoms with van der Waals surface area (Å²) >= 11 is 7.38. The predicted octanol–water partition coefficient (Wildman–Crippen LogP) is 5.15. The highest BCUT2D eigenvalue weighted by Gasteiger charge is 2.18. The maximum absolute atomic E-state index is 12.6. The Labute approximate surface area is 138 Å². The first-order valence-corrected chi connectivity index (χ1v) is 8.33. The van der Waals surface area contributed by atoms with Crippen LogP contribution in [0.25, 0.3) is 10.1 Å². The van der Waals surface area contributed by atoms with E-state index in [2.05, 4.69) is 23.3 Å². The molecule has 0 aliphatic heterocycles. The number of halogens is 1. The molecule has 1 amide bonds. The van der Waals surface area contributed by atoms with E-state index in [1.54, 1.807) is 18.2 Å². The first-order valence-electron chi connectivity index (χ1n) is 7.13. The van der Waals surface area contributed by atoms with Crippen LogP contribution in [-0.2, 0) is 6.42 Å². The molecule has 0 aliphatic carbocycles. The number of hydrogen-bond donors (Lipinski definition) is 1. The Balaban J connectivity index is 1.98. The van der Waals surface area contributed by atoms with Gasteiger partial charge in [0, 0.05) is 4.70 Å². The van der Waals surface area contributed by atoms with Gasteiger partial charge in [-0.05, 0) is 35.6 Å². The minimum Gasteiger partial charge on any atom is -0.306 e. The number of thiophene rings is 1. The molecule has 0 aliphatic rings. The number of pyridine rings is 1. The van der Waals surface area contributed by atoms with Crippen molar-refractivity contribution in [1.82, 2.24) is 4.98 Å². The van der Waals surface area contributed by atoms with Crippen LogP contribution >= 0.6 is 22.9 Å². The van der Waals surface area contributed by atoms with Crippen LogP contribution in [0, 0.1) is 0 Å². The van der Waals surface area contributed by atoms with Gasteiger partial charge < -0.3 is 5.32 Å². The Bertz CT molecular complexity index is 828. The van der Waals surface area contributed by atoms with Crippen molar-refractivity contribution in [3.8, 4) is 0 Å². The fourth-order valence-corrected chi connectivity index (χ4v) is 3.74. The van der Waals surface area contributed by atoms with Gasteiger partial charge in [0.2, 0.25) is 0 Å². The van der Waals surface area contributed by atoms with Crippen LogP contribution < -0.4 is 5.32 Å². The summed E-state index contributed by atoms with van der Waals surface area (Å²) in [6.07, 6.45) is 1.88. The molecule has 1 aromatic carbocycles. The second-order valence-electron chi connectivity index (χ2n) is 4.96. The van der Waals surface area contributed by atoms with Crippen molar-refractivity contribution in [3.05, 3.63) is 58.1 Å². The van der Waals surface area contributed by atoms with E-state index in [0.717, 1.165) is 28.0 Å². The number of carbonyl (C=O) groups excluding carboxylic acids is 1. The van der Waals surface area contributed by atoms with Gasteiger partial charge in [-0.1, -0.05) is 49.2 Å². The highest BCUT2D eigenvalue weighted by Crippen LogP contribution is 2.32. The molecule has 0 spiro atoms. The van der Waals surface area contributed by atoms with Crippen molar-refractivity contribution in [1.29, 1.82) is 0 Å². The largest absolute Gasteiger partial charge is 0.306 e. The van der Waals surface area contributed by atoms with Gasteiger partial charge in [-0.15, -0.1) is 11.3 Å². The summed E-state index contributed by atoms with van der Waals surface area (Å²) in [5.41, 5.74) is 1.11. The summed E-state index contributed by atoms with van der Waals surface area (Å²) in [5.74, 6) is 0.344. The van der Waals surface area contributed by atoms with Gasteiger partial charge in [0.1, 0.15) is 11.0 Å². The van der Waals surface area contributed by atoms with Crippen LogP contribution in [0.3, 0.4) is 0 Å². The second kappa shape index (κ2) is 6.46. The average Bonchev–Trinajstić information content (AvgIpc) is 2.87. The Kier molecular flexibility index (Phi) is 4.41. The van der Waals surface area contributed by atoms with Crippen molar-refractivity contribution < 1.29 is 4.79 Å². The number of carbonyl (C=O) groups is 1. The van der Waals surface area contributed by atoms with Crippen LogP contribution in [0.4, 0.5) is 5.82 Å². The minimum absolute atomic E-state index is 0.126. The standard InChI is InChI=1S/C17H15ClN2OS/c1-2-6-12-11-7-3-4-8-13(11)22-16(12)17(21)20-15-10-5-9-14(18)19-15/h3-5,7-10H,2,6H2,1H3,(H,19,20,21). The van der Waals surface area contributed by atoms with Gasteiger partial charge in [-0.2, -0.15) is 0 Å². The molecule has 3 nitrogen and oxygen atoms in total. The summed E-state index contributed by atoms with van der Waals surface area (Å²) in [5, 5.41) is 4.36. The third-order valence-electron chi connectivity index (χ3n) is 3.36. The molecule has 0 saturated carbocycles. The lowest BCUT2D eigenvalue weighted by molar-refractivity contribution is 0.102. The Hall–Kier alpha value is -1.91. The van der Waals surface area contributed by atoms with E-state index >= 15 is 0 Å². The lowest BCUT2D eigenvalue weighted by atomic mass is 10.1. The third-order valence-corrected chi connectivity index (χ3v) is 4.78. The topological polar surface area (TPSA) is 42.0 Å². The number of amides is 1. The molecule has 0 atom stereocenters. The maximum atomic E-state index is 12.6. The fraction of sp³-hybridized carbons (Fsp3) is 0.176. The van der Waals surface area contributed by atoms with Gasteiger partial charge >= 0.3 is 0 Å². The van der Waals surface area contributed by atoms with E-state index in [1.807, 2.05) is 18.2 Å². The fourth-order valence-electron chi connectivity index (χ4n) is 2.43. The highest BCUT2D eigenvalue weighted by atomic mass is 35.5. The van der Waals surface area contributed by atoms with Crippen molar-refractivity contribution in [3.63, 3.8) is 0 Å². The summed E-state index contributed by atoms with van der Waals surface area (Å²) in [6, 6.07) is 13.3. The Morgan fingerprint density at radius 1 is 1.23 bits per heavy atom. The summed E-state index contributed by atoms with van der Waals surface area (Å²) < 4.78 is 1.13. The van der Waals surface area contributed by atoms with Gasteiger partial charge in [0.15, 0.2) is 0 Å². The summed E-state index contributed by atoms with van der Waals surface area (Å²) in [6.45, 7) is 2.12. The smallest absolute Gasteiger partial charge is 0.267 e. The van der Waals surface area contributed by atoms with Gasteiger partial charge in [0.05, 0.1) is 4.88 Å². The summed E-state index contributed by atoms with van der Waals surface area (Å²) in [7, 11) is 0. The first kappa shape index (κ1) is 15.0. The number of nitrogens with zero attached hydrogens (tertiary/aromatic N) is 1. The number of aromatic nitrogens is 1. The Morgan fingerprint density at radius 2 is 2.05 bits per heavy atom. The number of hydrogen-bond acceptors (Lipinski definition) is 3. The molecule has 0 saturated heterocycles. The number of nitrogens with one attached hydrogen (secondary N) is 1. The molecular weight excluding hydrogens is 316 g/mol. The zero-order valence-corrected chi connectivity index (χ0v) is 13.7. The van der Waals surface area contributed by atoms with Crippen molar-refractivity contribution in [2.24, 2.45) is 0 Å². The normalized spacial score (nSPS) is 10.8. The number of benzene rings is 1. The predicted molar refractivity (Wildman–Crippen MR) is 93.0 cm³/mol. The van der Waals surface area contributed by atoms with Crippen molar-refractivity contribution >= 4 is 44.7 Å². The monoisotopic (exact) mass is 330 g/mol. The molecule has 1 N–H and O–H groups in total. The van der Waals surface area contributed by atoms with Gasteiger partial charge in [-0.25, -0.2) is 4.98 Å². The lowest BCUT2D eigenvalue weighted by Gasteiger charge is -2.05. The molecule has 0 radical (unpaired) electrons. The second-order valence-corrected chi connectivity index (χ2v) is 6.40. The SMILES string of the molecule is CCCc1c(C(=O)Nc2cccc(Cl)n2)sc2ccccc12. The van der Waals surface area contributed by atoms with Crippen molar-refractivity contribution in [2.75, 3.05) is 5.32 Å². The molecule has 3 aromatic rings. The zero-order valence-electron chi connectivity index (χ0n) is 12.1.